The maximum atomic E-state index is 11.8. The summed E-state index contributed by atoms with van der Waals surface area (Å²) in [5.74, 6) is -0.595. The van der Waals surface area contributed by atoms with Crippen molar-refractivity contribution in [3.05, 3.63) is 0 Å². The van der Waals surface area contributed by atoms with Crippen molar-refractivity contribution >= 4 is 5.91 Å². The van der Waals surface area contributed by atoms with Crippen LogP contribution < -0.4 is 10.6 Å². The Kier molecular flexibility index (Phi) is 5.20. The fourth-order valence-electron chi connectivity index (χ4n) is 1.85. The lowest BCUT2D eigenvalue weighted by atomic mass is 10.2. The minimum absolute atomic E-state index is 0.00569. The van der Waals surface area contributed by atoms with Gasteiger partial charge in [-0.15, -0.1) is 0 Å². The van der Waals surface area contributed by atoms with Crippen molar-refractivity contribution in [2.45, 2.75) is 25.1 Å². The number of carbonyl (C=O) groups excluding carboxylic acids is 1. The van der Waals surface area contributed by atoms with Crippen LogP contribution in [0.4, 0.5) is 13.2 Å². The summed E-state index contributed by atoms with van der Waals surface area (Å²) in [5, 5.41) is 5.12. The molecule has 1 heterocycles. The molecule has 1 rings (SSSR count). The second-order valence-corrected chi connectivity index (χ2v) is 4.38. The Balaban J connectivity index is 2.16. The number of carbonyl (C=O) groups is 1. The van der Waals surface area contributed by atoms with Gasteiger partial charge in [-0.05, 0) is 26.4 Å². The Morgan fingerprint density at radius 3 is 2.76 bits per heavy atom. The van der Waals surface area contributed by atoms with Gasteiger partial charge in [-0.2, -0.15) is 13.2 Å². The molecule has 0 aromatic heterocycles. The molecule has 1 atom stereocenters. The molecular formula is C10H18F3N3O. The van der Waals surface area contributed by atoms with E-state index < -0.39 is 18.6 Å². The Labute approximate surface area is 98.5 Å². The minimum Gasteiger partial charge on any atom is -0.346 e. The first-order valence-electron chi connectivity index (χ1n) is 5.62. The van der Waals surface area contributed by atoms with Crippen LogP contribution in [-0.4, -0.2) is 56.3 Å². The summed E-state index contributed by atoms with van der Waals surface area (Å²) in [7, 11) is 1.73. The van der Waals surface area contributed by atoms with E-state index in [0.29, 0.717) is 12.6 Å². The normalized spacial score (nSPS) is 20.9. The van der Waals surface area contributed by atoms with E-state index in [1.807, 2.05) is 5.32 Å². The minimum atomic E-state index is -4.35. The zero-order chi connectivity index (χ0) is 12.9. The van der Waals surface area contributed by atoms with Crippen molar-refractivity contribution in [1.29, 1.82) is 0 Å². The van der Waals surface area contributed by atoms with Crippen LogP contribution in [0.2, 0.25) is 0 Å². The smallest absolute Gasteiger partial charge is 0.346 e. The number of amides is 1. The molecule has 2 N–H and O–H groups in total. The van der Waals surface area contributed by atoms with Gasteiger partial charge in [0.2, 0.25) is 5.91 Å². The maximum Gasteiger partial charge on any atom is 0.405 e. The Morgan fingerprint density at radius 1 is 1.53 bits per heavy atom. The van der Waals surface area contributed by atoms with Crippen molar-refractivity contribution in [2.75, 3.05) is 33.2 Å². The molecule has 0 spiro atoms. The number of hydrogen-bond donors (Lipinski definition) is 2. The van der Waals surface area contributed by atoms with Gasteiger partial charge >= 0.3 is 6.18 Å². The number of halogens is 3. The predicted octanol–water partition coefficient (Wildman–Crippen LogP) is 0.349. The average molecular weight is 253 g/mol. The van der Waals surface area contributed by atoms with Gasteiger partial charge in [0.25, 0.3) is 0 Å². The van der Waals surface area contributed by atoms with E-state index in [9.17, 15) is 18.0 Å². The highest BCUT2D eigenvalue weighted by Crippen LogP contribution is 2.12. The fourth-order valence-corrected chi connectivity index (χ4v) is 1.85. The monoisotopic (exact) mass is 253 g/mol. The van der Waals surface area contributed by atoms with E-state index in [2.05, 4.69) is 5.32 Å². The molecule has 17 heavy (non-hydrogen) atoms. The van der Waals surface area contributed by atoms with E-state index >= 15 is 0 Å². The molecule has 1 aliphatic rings. The fraction of sp³-hybridized carbons (Fsp3) is 0.900. The van der Waals surface area contributed by atoms with Gasteiger partial charge in [-0.3, -0.25) is 9.69 Å². The van der Waals surface area contributed by atoms with Crippen molar-refractivity contribution in [2.24, 2.45) is 0 Å². The largest absolute Gasteiger partial charge is 0.405 e. The van der Waals surface area contributed by atoms with Gasteiger partial charge < -0.3 is 10.6 Å². The van der Waals surface area contributed by atoms with Crippen molar-refractivity contribution < 1.29 is 18.0 Å². The first kappa shape index (κ1) is 14.2. The number of nitrogens with one attached hydrogen (secondary N) is 2. The molecule has 1 fully saturated rings. The van der Waals surface area contributed by atoms with Crippen LogP contribution in [0.25, 0.3) is 0 Å². The van der Waals surface area contributed by atoms with Gasteiger partial charge in [0, 0.05) is 12.6 Å². The third-order valence-corrected chi connectivity index (χ3v) is 2.59. The Bertz CT molecular complexity index is 252. The molecule has 0 aromatic carbocycles. The Hall–Kier alpha value is -0.820. The SMILES string of the molecule is CN(CC(=O)NCC(F)(F)F)CC1CCCN1. The molecule has 1 saturated heterocycles. The third-order valence-electron chi connectivity index (χ3n) is 2.59. The van der Waals surface area contributed by atoms with E-state index in [1.54, 1.807) is 11.9 Å². The van der Waals surface area contributed by atoms with Crippen LogP contribution in [0.3, 0.4) is 0 Å². The predicted molar refractivity (Wildman–Crippen MR) is 57.6 cm³/mol. The summed E-state index contributed by atoms with van der Waals surface area (Å²) >= 11 is 0. The van der Waals surface area contributed by atoms with Crippen molar-refractivity contribution in [1.82, 2.24) is 15.5 Å². The summed E-state index contributed by atoms with van der Waals surface area (Å²) < 4.78 is 35.5. The molecule has 0 aromatic rings. The van der Waals surface area contributed by atoms with E-state index in [0.717, 1.165) is 19.4 Å². The summed E-state index contributed by atoms with van der Waals surface area (Å²) in [5.41, 5.74) is 0. The van der Waals surface area contributed by atoms with Gasteiger partial charge in [0.1, 0.15) is 6.54 Å². The van der Waals surface area contributed by atoms with Crippen LogP contribution in [0, 0.1) is 0 Å². The molecule has 1 amide bonds. The molecule has 0 bridgehead atoms. The topological polar surface area (TPSA) is 44.4 Å². The summed E-state index contributed by atoms with van der Waals surface area (Å²) in [6.45, 7) is 0.383. The molecule has 0 radical (unpaired) electrons. The molecule has 100 valence electrons. The van der Waals surface area contributed by atoms with Crippen molar-refractivity contribution in [3.63, 3.8) is 0 Å². The van der Waals surface area contributed by atoms with E-state index in [-0.39, 0.29) is 6.54 Å². The maximum absolute atomic E-state index is 11.8. The average Bonchev–Trinajstić information content (AvgIpc) is 2.66. The second-order valence-electron chi connectivity index (χ2n) is 4.38. The summed E-state index contributed by atoms with van der Waals surface area (Å²) in [6.07, 6.45) is -2.19. The first-order chi connectivity index (χ1) is 7.87. The van der Waals surface area contributed by atoms with Crippen LogP contribution in [0.15, 0.2) is 0 Å². The van der Waals surface area contributed by atoms with Gasteiger partial charge in [0.15, 0.2) is 0 Å². The van der Waals surface area contributed by atoms with Crippen molar-refractivity contribution in [3.8, 4) is 0 Å². The first-order valence-corrected chi connectivity index (χ1v) is 5.62. The highest BCUT2D eigenvalue weighted by Gasteiger charge is 2.27. The van der Waals surface area contributed by atoms with E-state index in [1.165, 1.54) is 0 Å². The number of rotatable bonds is 5. The van der Waals surface area contributed by atoms with Gasteiger partial charge in [0.05, 0.1) is 6.54 Å². The number of alkyl halides is 3. The third kappa shape index (κ3) is 6.48. The highest BCUT2D eigenvalue weighted by atomic mass is 19.4. The molecule has 0 aliphatic carbocycles. The van der Waals surface area contributed by atoms with E-state index in [4.69, 9.17) is 0 Å². The van der Waals surface area contributed by atoms with Crippen LogP contribution in [-0.2, 0) is 4.79 Å². The lowest BCUT2D eigenvalue weighted by Crippen LogP contribution is -2.43. The summed E-state index contributed by atoms with van der Waals surface area (Å²) in [6, 6.07) is 0.343. The second kappa shape index (κ2) is 6.20. The lowest BCUT2D eigenvalue weighted by Gasteiger charge is -2.20. The van der Waals surface area contributed by atoms with Crippen LogP contribution >= 0.6 is 0 Å². The lowest BCUT2D eigenvalue weighted by molar-refractivity contribution is -0.138. The van der Waals surface area contributed by atoms with Gasteiger partial charge in [-0.1, -0.05) is 0 Å². The molecule has 1 unspecified atom stereocenters. The zero-order valence-electron chi connectivity index (χ0n) is 9.81. The number of nitrogens with zero attached hydrogens (tertiary/aromatic N) is 1. The molecular weight excluding hydrogens is 235 g/mol. The quantitative estimate of drug-likeness (QED) is 0.743. The molecule has 4 nitrogen and oxygen atoms in total. The molecule has 1 aliphatic heterocycles. The zero-order valence-corrected chi connectivity index (χ0v) is 9.81. The van der Waals surface area contributed by atoms with Crippen LogP contribution in [0.1, 0.15) is 12.8 Å². The standard InChI is InChI=1S/C10H18F3N3O/c1-16(5-8-3-2-4-14-8)6-9(17)15-7-10(11,12)13/h8,14H,2-7H2,1H3,(H,15,17). The number of likely N-dealkylation sites (N-methyl/N-ethyl adjacent to an activating group) is 1. The Morgan fingerprint density at radius 2 is 2.24 bits per heavy atom. The number of hydrogen-bond acceptors (Lipinski definition) is 3. The molecule has 7 heteroatoms. The highest BCUT2D eigenvalue weighted by molar-refractivity contribution is 5.78. The van der Waals surface area contributed by atoms with Gasteiger partial charge in [-0.25, -0.2) is 0 Å². The van der Waals surface area contributed by atoms with Crippen LogP contribution in [0.5, 0.6) is 0 Å². The molecule has 0 saturated carbocycles. The summed E-state index contributed by atoms with van der Waals surface area (Å²) in [4.78, 5) is 12.9.